The fourth-order valence-corrected chi connectivity index (χ4v) is 1.90. The molecule has 0 aliphatic carbocycles. The van der Waals surface area contributed by atoms with Crippen LogP contribution in [0, 0.1) is 0 Å². The minimum atomic E-state index is -0.450. The third kappa shape index (κ3) is 5.23. The number of halogens is 2. The molecule has 0 fully saturated rings. The molecule has 0 atom stereocenters. The maximum atomic E-state index is 11.7. The highest BCUT2D eigenvalue weighted by molar-refractivity contribution is 6.42. The molecule has 0 bridgehead atoms. The van der Waals surface area contributed by atoms with Crippen molar-refractivity contribution in [2.75, 3.05) is 6.61 Å². The molecule has 1 aromatic carbocycles. The highest BCUT2D eigenvalue weighted by atomic mass is 35.5. The zero-order valence-corrected chi connectivity index (χ0v) is 12.4. The van der Waals surface area contributed by atoms with Crippen LogP contribution in [0.4, 0.5) is 0 Å². The molecule has 3 nitrogen and oxygen atoms in total. The summed E-state index contributed by atoms with van der Waals surface area (Å²) >= 11 is 11.9. The topological polar surface area (TPSA) is 49.3 Å². The molecule has 0 radical (unpaired) electrons. The number of amides is 1. The van der Waals surface area contributed by atoms with Gasteiger partial charge in [-0.15, -0.1) is 0 Å². The van der Waals surface area contributed by atoms with Gasteiger partial charge in [-0.2, -0.15) is 0 Å². The van der Waals surface area contributed by atoms with Gasteiger partial charge in [0.1, 0.15) is 0 Å². The quantitative estimate of drug-likeness (QED) is 0.820. The van der Waals surface area contributed by atoms with Gasteiger partial charge in [0.15, 0.2) is 0 Å². The first-order valence-corrected chi connectivity index (χ1v) is 6.66. The summed E-state index contributed by atoms with van der Waals surface area (Å²) in [7, 11) is 0. The van der Waals surface area contributed by atoms with Gasteiger partial charge in [-0.05, 0) is 38.0 Å². The number of carbonyl (C=O) groups is 1. The van der Waals surface area contributed by atoms with Gasteiger partial charge < -0.3 is 10.4 Å². The Morgan fingerprint density at radius 2 is 2.11 bits per heavy atom. The minimum absolute atomic E-state index is 0.0249. The van der Waals surface area contributed by atoms with Gasteiger partial charge >= 0.3 is 0 Å². The van der Waals surface area contributed by atoms with Crippen molar-refractivity contribution in [2.24, 2.45) is 0 Å². The Hall–Kier alpha value is -1.03. The number of aliphatic hydroxyl groups excluding tert-OH is 1. The third-order valence-corrected chi connectivity index (χ3v) is 3.43. The minimum Gasteiger partial charge on any atom is -0.396 e. The van der Waals surface area contributed by atoms with Crippen molar-refractivity contribution in [2.45, 2.75) is 25.8 Å². The molecule has 2 N–H and O–H groups in total. The van der Waals surface area contributed by atoms with Gasteiger partial charge in [0, 0.05) is 18.2 Å². The molecule has 0 saturated carbocycles. The Bertz CT molecular complexity index is 484. The van der Waals surface area contributed by atoms with Crippen molar-refractivity contribution in [1.82, 2.24) is 5.32 Å². The van der Waals surface area contributed by atoms with E-state index in [1.54, 1.807) is 24.3 Å². The number of benzene rings is 1. The van der Waals surface area contributed by atoms with E-state index in [1.807, 2.05) is 13.8 Å². The van der Waals surface area contributed by atoms with E-state index in [1.165, 1.54) is 6.08 Å². The second-order valence-corrected chi connectivity index (χ2v) is 5.61. The average molecular weight is 302 g/mol. The molecule has 104 valence electrons. The van der Waals surface area contributed by atoms with E-state index in [9.17, 15) is 4.79 Å². The van der Waals surface area contributed by atoms with Crippen LogP contribution in [0.3, 0.4) is 0 Å². The van der Waals surface area contributed by atoms with Crippen LogP contribution in [0.5, 0.6) is 0 Å². The summed E-state index contributed by atoms with van der Waals surface area (Å²) in [5, 5.41) is 12.6. The standard InChI is InChI=1S/C14H17Cl2NO2/c1-14(2,8-9-18)17-12(19)7-6-10-4-3-5-11(15)13(10)16/h3-7,18H,8-9H2,1-2H3,(H,17,19)/b7-6+. The largest absolute Gasteiger partial charge is 0.396 e. The second-order valence-electron chi connectivity index (χ2n) is 4.82. The number of nitrogens with one attached hydrogen (secondary N) is 1. The number of carbonyl (C=O) groups excluding carboxylic acids is 1. The molecule has 1 aromatic rings. The summed E-state index contributed by atoms with van der Waals surface area (Å²) in [6.07, 6.45) is 3.50. The predicted octanol–water partition coefficient (Wildman–Crippen LogP) is 3.28. The van der Waals surface area contributed by atoms with E-state index in [2.05, 4.69) is 5.32 Å². The summed E-state index contributed by atoms with van der Waals surface area (Å²) in [6.45, 7) is 3.72. The van der Waals surface area contributed by atoms with Gasteiger partial charge in [-0.3, -0.25) is 4.79 Å². The van der Waals surface area contributed by atoms with Crippen molar-refractivity contribution < 1.29 is 9.90 Å². The lowest BCUT2D eigenvalue weighted by Gasteiger charge is -2.24. The summed E-state index contributed by atoms with van der Waals surface area (Å²) in [6, 6.07) is 5.23. The van der Waals surface area contributed by atoms with E-state index in [0.29, 0.717) is 22.0 Å². The Morgan fingerprint density at radius 3 is 2.74 bits per heavy atom. The molecular weight excluding hydrogens is 285 g/mol. The Kier molecular flexibility index (Phi) is 5.85. The fourth-order valence-electron chi connectivity index (χ4n) is 1.53. The van der Waals surface area contributed by atoms with Crippen molar-refractivity contribution in [3.8, 4) is 0 Å². The monoisotopic (exact) mass is 301 g/mol. The molecule has 1 rings (SSSR count). The van der Waals surface area contributed by atoms with E-state index < -0.39 is 5.54 Å². The SMILES string of the molecule is CC(C)(CCO)NC(=O)/C=C/c1cccc(Cl)c1Cl. The van der Waals surface area contributed by atoms with E-state index in [-0.39, 0.29) is 12.5 Å². The molecule has 0 saturated heterocycles. The smallest absolute Gasteiger partial charge is 0.244 e. The lowest BCUT2D eigenvalue weighted by Crippen LogP contribution is -2.43. The van der Waals surface area contributed by atoms with Gasteiger partial charge in [-0.1, -0.05) is 35.3 Å². The maximum Gasteiger partial charge on any atom is 0.244 e. The molecule has 0 heterocycles. The normalized spacial score (nSPS) is 11.8. The Balaban J connectivity index is 2.71. The number of hydrogen-bond donors (Lipinski definition) is 2. The zero-order chi connectivity index (χ0) is 14.5. The van der Waals surface area contributed by atoms with Crippen LogP contribution < -0.4 is 5.32 Å². The van der Waals surface area contributed by atoms with Crippen LogP contribution in [0.25, 0.3) is 6.08 Å². The number of rotatable bonds is 5. The second kappa shape index (κ2) is 6.94. The van der Waals surface area contributed by atoms with Crippen LogP contribution in [0.2, 0.25) is 10.0 Å². The predicted molar refractivity (Wildman–Crippen MR) is 79.4 cm³/mol. The molecular formula is C14H17Cl2NO2. The summed E-state index contributed by atoms with van der Waals surface area (Å²) in [5.74, 6) is -0.241. The Labute approximate surface area is 123 Å². The third-order valence-electron chi connectivity index (χ3n) is 2.59. The first kappa shape index (κ1) is 16.0. The summed E-state index contributed by atoms with van der Waals surface area (Å²) < 4.78 is 0. The van der Waals surface area contributed by atoms with E-state index in [0.717, 1.165) is 0 Å². The average Bonchev–Trinajstić information content (AvgIpc) is 2.30. The van der Waals surface area contributed by atoms with Crippen LogP contribution in [-0.2, 0) is 4.79 Å². The lowest BCUT2D eigenvalue weighted by molar-refractivity contribution is -0.118. The molecule has 0 spiro atoms. The first-order chi connectivity index (χ1) is 8.85. The first-order valence-electron chi connectivity index (χ1n) is 5.91. The van der Waals surface area contributed by atoms with Gasteiger partial charge in [-0.25, -0.2) is 0 Å². The van der Waals surface area contributed by atoms with E-state index >= 15 is 0 Å². The Morgan fingerprint density at radius 1 is 1.42 bits per heavy atom. The van der Waals surface area contributed by atoms with Gasteiger partial charge in [0.25, 0.3) is 0 Å². The van der Waals surface area contributed by atoms with E-state index in [4.69, 9.17) is 28.3 Å². The molecule has 0 aromatic heterocycles. The van der Waals surface area contributed by atoms with Crippen molar-refractivity contribution in [1.29, 1.82) is 0 Å². The molecule has 1 amide bonds. The molecule has 0 unspecified atom stereocenters. The number of hydrogen-bond acceptors (Lipinski definition) is 2. The van der Waals surface area contributed by atoms with Crippen molar-refractivity contribution >= 4 is 35.2 Å². The van der Waals surface area contributed by atoms with Crippen LogP contribution in [0.1, 0.15) is 25.8 Å². The fraction of sp³-hybridized carbons (Fsp3) is 0.357. The zero-order valence-electron chi connectivity index (χ0n) is 10.9. The van der Waals surface area contributed by atoms with Crippen LogP contribution in [0.15, 0.2) is 24.3 Å². The molecule has 0 aliphatic rings. The van der Waals surface area contributed by atoms with Crippen LogP contribution in [-0.4, -0.2) is 23.2 Å². The molecule has 19 heavy (non-hydrogen) atoms. The highest BCUT2D eigenvalue weighted by Gasteiger charge is 2.18. The van der Waals surface area contributed by atoms with Gasteiger partial charge in [0.05, 0.1) is 10.0 Å². The van der Waals surface area contributed by atoms with Crippen molar-refractivity contribution in [3.05, 3.63) is 39.9 Å². The summed E-state index contributed by atoms with van der Waals surface area (Å²) in [4.78, 5) is 11.7. The highest BCUT2D eigenvalue weighted by Crippen LogP contribution is 2.26. The number of aliphatic hydroxyl groups is 1. The summed E-state index contributed by atoms with van der Waals surface area (Å²) in [5.41, 5.74) is 0.234. The molecule has 5 heteroatoms. The molecule has 0 aliphatic heterocycles. The van der Waals surface area contributed by atoms with Crippen molar-refractivity contribution in [3.63, 3.8) is 0 Å². The van der Waals surface area contributed by atoms with Gasteiger partial charge in [0.2, 0.25) is 5.91 Å². The lowest BCUT2D eigenvalue weighted by atomic mass is 10.0. The van der Waals surface area contributed by atoms with Crippen LogP contribution >= 0.6 is 23.2 Å². The maximum absolute atomic E-state index is 11.7.